The molecule has 2 aliphatic rings. The van der Waals surface area contributed by atoms with Crippen molar-refractivity contribution in [3.63, 3.8) is 0 Å². The molecule has 0 aliphatic carbocycles. The van der Waals surface area contributed by atoms with Crippen molar-refractivity contribution in [3.05, 3.63) is 58.2 Å². The van der Waals surface area contributed by atoms with E-state index in [0.29, 0.717) is 41.3 Å². The van der Waals surface area contributed by atoms with Gasteiger partial charge in [-0.3, -0.25) is 14.5 Å². The maximum atomic E-state index is 13.2. The zero-order chi connectivity index (χ0) is 23.0. The van der Waals surface area contributed by atoms with Crippen LogP contribution in [0.15, 0.2) is 36.5 Å². The monoisotopic (exact) mass is 455 g/mol. The fraction of sp³-hybridized carbons (Fsp3) is 0.458. The minimum Gasteiger partial charge on any atom is -0.370 e. The van der Waals surface area contributed by atoms with Gasteiger partial charge in [0.25, 0.3) is 5.91 Å². The number of amides is 2. The lowest BCUT2D eigenvalue weighted by molar-refractivity contribution is -0.119. The Kier molecular flexibility index (Phi) is 6.40. The van der Waals surface area contributed by atoms with Crippen LogP contribution in [-0.2, 0) is 4.79 Å². The number of likely N-dealkylation sites (tertiary alicyclic amines) is 2. The van der Waals surface area contributed by atoms with Gasteiger partial charge in [-0.2, -0.15) is 0 Å². The molecule has 2 aliphatic heterocycles. The number of nitrogens with zero attached hydrogens (tertiary/aromatic N) is 4. The molecule has 2 amide bonds. The molecule has 7 nitrogen and oxygen atoms in total. The molecule has 2 aromatic rings. The van der Waals surface area contributed by atoms with Gasteiger partial charge in [-0.25, -0.2) is 4.98 Å². The normalized spacial score (nSPS) is 21.4. The molecular formula is C24H30ClN5O2. The number of hydrogen-bond acceptors (Lipinski definition) is 5. The SMILES string of the molecule is Cc1ccc(C(CC(N)=O)N2CC3CN(C(=O)c4cccnc4N(C)C)CC3C2)cc1Cl. The van der Waals surface area contributed by atoms with Crippen molar-refractivity contribution in [3.8, 4) is 0 Å². The van der Waals surface area contributed by atoms with Crippen LogP contribution in [0.1, 0.15) is 33.9 Å². The number of fused-ring (bicyclic) bond motifs is 1. The Labute approximate surface area is 194 Å². The standard InChI is InChI=1S/C24H30ClN5O2/c1-15-6-7-16(9-20(15)25)21(10-22(26)31)29-11-17-13-30(14-18(17)12-29)24(32)19-5-4-8-27-23(19)28(2)3/h4-9,17-18,21H,10-14H2,1-3H3,(H2,26,31). The Morgan fingerprint density at radius 1 is 1.19 bits per heavy atom. The van der Waals surface area contributed by atoms with E-state index in [9.17, 15) is 9.59 Å². The number of rotatable bonds is 6. The summed E-state index contributed by atoms with van der Waals surface area (Å²) in [7, 11) is 3.79. The summed E-state index contributed by atoms with van der Waals surface area (Å²) < 4.78 is 0. The molecular weight excluding hydrogens is 426 g/mol. The van der Waals surface area contributed by atoms with Crippen LogP contribution in [-0.4, -0.2) is 66.9 Å². The smallest absolute Gasteiger partial charge is 0.257 e. The minimum atomic E-state index is -0.326. The summed E-state index contributed by atoms with van der Waals surface area (Å²) >= 11 is 6.36. The second-order valence-electron chi connectivity index (χ2n) is 9.15. The zero-order valence-electron chi connectivity index (χ0n) is 18.8. The summed E-state index contributed by atoms with van der Waals surface area (Å²) in [6.07, 6.45) is 1.96. The first-order valence-corrected chi connectivity index (χ1v) is 11.3. The number of aryl methyl sites for hydroxylation is 1. The quantitative estimate of drug-likeness (QED) is 0.724. The molecule has 4 rings (SSSR count). The van der Waals surface area contributed by atoms with E-state index in [1.54, 1.807) is 12.3 Å². The van der Waals surface area contributed by atoms with Gasteiger partial charge in [-0.1, -0.05) is 23.7 Å². The van der Waals surface area contributed by atoms with Crippen LogP contribution in [0.3, 0.4) is 0 Å². The summed E-state index contributed by atoms with van der Waals surface area (Å²) in [6, 6.07) is 9.51. The van der Waals surface area contributed by atoms with Gasteiger partial charge in [0.05, 0.1) is 5.56 Å². The molecule has 0 saturated carbocycles. The Morgan fingerprint density at radius 2 is 1.88 bits per heavy atom. The molecule has 0 bridgehead atoms. The van der Waals surface area contributed by atoms with Gasteiger partial charge in [0.1, 0.15) is 5.82 Å². The van der Waals surface area contributed by atoms with E-state index in [1.165, 1.54) is 0 Å². The van der Waals surface area contributed by atoms with Crippen LogP contribution >= 0.6 is 11.6 Å². The first-order valence-electron chi connectivity index (χ1n) is 10.9. The largest absolute Gasteiger partial charge is 0.370 e. The maximum absolute atomic E-state index is 13.2. The zero-order valence-corrected chi connectivity index (χ0v) is 19.5. The average molecular weight is 456 g/mol. The molecule has 8 heteroatoms. The molecule has 1 aromatic heterocycles. The second-order valence-corrected chi connectivity index (χ2v) is 9.56. The van der Waals surface area contributed by atoms with E-state index in [1.807, 2.05) is 55.1 Å². The number of anilines is 1. The average Bonchev–Trinajstić information content (AvgIpc) is 3.32. The summed E-state index contributed by atoms with van der Waals surface area (Å²) in [6.45, 7) is 5.03. The minimum absolute atomic E-state index is 0.0294. The Hall–Kier alpha value is -2.64. The van der Waals surface area contributed by atoms with Crippen LogP contribution < -0.4 is 10.6 Å². The Balaban J connectivity index is 1.48. The highest BCUT2D eigenvalue weighted by Crippen LogP contribution is 2.38. The summed E-state index contributed by atoms with van der Waals surface area (Å²) in [5, 5.41) is 0.696. The van der Waals surface area contributed by atoms with Crippen LogP contribution in [0.4, 0.5) is 5.82 Å². The first-order chi connectivity index (χ1) is 15.2. The number of benzene rings is 1. The van der Waals surface area contributed by atoms with E-state index in [0.717, 1.165) is 24.2 Å². The number of carbonyl (C=O) groups is 2. The van der Waals surface area contributed by atoms with Crippen LogP contribution in [0.5, 0.6) is 0 Å². The summed E-state index contributed by atoms with van der Waals surface area (Å²) in [5.41, 5.74) is 8.24. The fourth-order valence-electron chi connectivity index (χ4n) is 5.01. The number of nitrogens with two attached hydrogens (primary N) is 1. The van der Waals surface area contributed by atoms with Crippen molar-refractivity contribution in [2.45, 2.75) is 19.4 Å². The number of carbonyl (C=O) groups excluding carboxylic acids is 2. The lowest BCUT2D eigenvalue weighted by Gasteiger charge is -2.30. The molecule has 2 saturated heterocycles. The number of pyridine rings is 1. The second kappa shape index (κ2) is 9.08. The Bertz CT molecular complexity index is 1010. The van der Waals surface area contributed by atoms with Gasteiger partial charge in [0, 0.05) is 64.0 Å². The molecule has 32 heavy (non-hydrogen) atoms. The fourth-order valence-corrected chi connectivity index (χ4v) is 5.19. The highest BCUT2D eigenvalue weighted by molar-refractivity contribution is 6.31. The Morgan fingerprint density at radius 3 is 2.47 bits per heavy atom. The van der Waals surface area contributed by atoms with Gasteiger partial charge in [0.2, 0.25) is 5.91 Å². The lowest BCUT2D eigenvalue weighted by atomic mass is 10.0. The highest BCUT2D eigenvalue weighted by atomic mass is 35.5. The van der Waals surface area contributed by atoms with Gasteiger partial charge < -0.3 is 15.5 Å². The number of hydrogen-bond donors (Lipinski definition) is 1. The third-order valence-electron chi connectivity index (χ3n) is 6.66. The van der Waals surface area contributed by atoms with Crippen molar-refractivity contribution in [2.24, 2.45) is 17.6 Å². The molecule has 3 heterocycles. The first kappa shape index (κ1) is 22.6. The van der Waals surface area contributed by atoms with Gasteiger partial charge in [-0.15, -0.1) is 0 Å². The van der Waals surface area contributed by atoms with Crippen molar-refractivity contribution in [1.29, 1.82) is 0 Å². The third kappa shape index (κ3) is 4.45. The van der Waals surface area contributed by atoms with Gasteiger partial charge in [-0.05, 0) is 48.1 Å². The van der Waals surface area contributed by atoms with Crippen molar-refractivity contribution < 1.29 is 9.59 Å². The van der Waals surface area contributed by atoms with Crippen LogP contribution in [0, 0.1) is 18.8 Å². The van der Waals surface area contributed by atoms with Crippen LogP contribution in [0.2, 0.25) is 5.02 Å². The van der Waals surface area contributed by atoms with Gasteiger partial charge >= 0.3 is 0 Å². The molecule has 0 spiro atoms. The molecule has 2 N–H and O–H groups in total. The molecule has 1 aromatic carbocycles. The van der Waals surface area contributed by atoms with Gasteiger partial charge in [0.15, 0.2) is 0 Å². The predicted molar refractivity (Wildman–Crippen MR) is 126 cm³/mol. The van der Waals surface area contributed by atoms with E-state index in [2.05, 4.69) is 9.88 Å². The predicted octanol–water partition coefficient (Wildman–Crippen LogP) is 2.73. The van der Waals surface area contributed by atoms with Crippen molar-refractivity contribution >= 4 is 29.2 Å². The topological polar surface area (TPSA) is 82.8 Å². The van der Waals surface area contributed by atoms with E-state index in [-0.39, 0.29) is 24.3 Å². The maximum Gasteiger partial charge on any atom is 0.257 e. The number of primary amides is 1. The number of halogens is 1. The van der Waals surface area contributed by atoms with Crippen LogP contribution in [0.25, 0.3) is 0 Å². The highest BCUT2D eigenvalue weighted by Gasteiger charge is 2.44. The third-order valence-corrected chi connectivity index (χ3v) is 7.07. The van der Waals surface area contributed by atoms with E-state index < -0.39 is 0 Å². The van der Waals surface area contributed by atoms with Crippen molar-refractivity contribution in [2.75, 3.05) is 45.2 Å². The molecule has 0 radical (unpaired) electrons. The van der Waals surface area contributed by atoms with Crippen molar-refractivity contribution in [1.82, 2.24) is 14.8 Å². The molecule has 170 valence electrons. The molecule has 2 fully saturated rings. The molecule has 3 atom stereocenters. The number of aromatic nitrogens is 1. The summed E-state index contributed by atoms with van der Waals surface area (Å²) in [5.74, 6) is 1.13. The van der Waals surface area contributed by atoms with E-state index in [4.69, 9.17) is 17.3 Å². The lowest BCUT2D eigenvalue weighted by Crippen LogP contribution is -2.36. The molecule has 3 unspecified atom stereocenters. The summed E-state index contributed by atoms with van der Waals surface area (Å²) in [4.78, 5) is 35.6. The van der Waals surface area contributed by atoms with E-state index >= 15 is 0 Å².